The number of hydrogen-bond donors (Lipinski definition) is 0. The van der Waals surface area contributed by atoms with Crippen LogP contribution in [0.3, 0.4) is 0 Å². The minimum Gasteiger partial charge on any atom is -0.0648 e. The molecule has 1 atom stereocenters. The Morgan fingerprint density at radius 2 is 0.489 bits per heavy atom. The highest BCUT2D eigenvalue weighted by Crippen LogP contribution is 2.38. The lowest BCUT2D eigenvalue weighted by molar-refractivity contribution is 0.523. The molecule has 0 saturated carbocycles. The lowest BCUT2D eigenvalue weighted by Crippen LogP contribution is -2.23. The third kappa shape index (κ3) is 28.7. The predicted molar refractivity (Wildman–Crippen MR) is 411 cm³/mol. The van der Waals surface area contributed by atoms with E-state index in [0.29, 0.717) is 5.92 Å². The van der Waals surface area contributed by atoms with Crippen molar-refractivity contribution in [3.63, 3.8) is 0 Å². The van der Waals surface area contributed by atoms with Crippen molar-refractivity contribution < 1.29 is 9.60 Å². The minimum absolute atomic E-state index is 0.0750. The van der Waals surface area contributed by atoms with Crippen LogP contribution >= 0.6 is 0 Å². The summed E-state index contributed by atoms with van der Waals surface area (Å²) in [4.78, 5) is 0. The van der Waals surface area contributed by atoms with Gasteiger partial charge >= 0.3 is 0 Å². The topological polar surface area (TPSA) is 0 Å². The molecule has 0 radical (unpaired) electrons. The summed E-state index contributed by atoms with van der Waals surface area (Å²) in [5.74, 6) is -2.14. The highest BCUT2D eigenvalue weighted by molar-refractivity contribution is 5.43. The molecule has 0 aliphatic rings. The lowest BCUT2D eigenvalue weighted by Gasteiger charge is -2.32. The second kappa shape index (κ2) is 32.0. The van der Waals surface area contributed by atoms with Crippen LogP contribution in [-0.2, 0) is 59.6 Å². The molecule has 6 aromatic rings. The Labute approximate surface area is 571 Å². The van der Waals surface area contributed by atoms with Gasteiger partial charge in [-0.05, 0) is 162 Å². The van der Waals surface area contributed by atoms with Gasteiger partial charge in [-0.2, -0.15) is 0 Å². The summed E-state index contributed by atoms with van der Waals surface area (Å²) < 4.78 is 54.4. The summed E-state index contributed by atoms with van der Waals surface area (Å²) in [6.45, 7) is 81.0. The van der Waals surface area contributed by atoms with E-state index in [1.54, 1.807) is 24.3 Å². The van der Waals surface area contributed by atoms with E-state index in [1.807, 2.05) is 34.6 Å². The molecule has 0 aromatic heterocycles. The highest BCUT2D eigenvalue weighted by Gasteiger charge is 2.28. The third-order valence-electron chi connectivity index (χ3n) is 16.7. The van der Waals surface area contributed by atoms with E-state index in [0.717, 1.165) is 18.1 Å². The monoisotopic (exact) mass is 1230 g/mol. The Hall–Kier alpha value is -4.68. The molecule has 0 fully saturated rings. The SMILES string of the molecule is CC(C)(C)c1cc(C(C)(C)C)cc(C(C)(C)C)c1.CC(C)(C)c1ccc(C(C)(C)C)c(C(C)(C)C)c1.CC(C)(C)c1ccc(C(C)(C)C)cc1.CC(C)c1ccc(C(C)(C)C)cc1.[2H]C(C)(C)c1ccc(C(C)(C)C)cc1.[2H]C([2H])([2H])C([2H])(c1ccc(C(C)(C)C)cc1)C([2H])([2H])C. The van der Waals surface area contributed by atoms with Gasteiger partial charge in [-0.25, -0.2) is 0 Å². The molecule has 0 saturated heterocycles. The average Bonchev–Trinajstić information content (AvgIpc) is 0.751. The fraction of sp³-hybridized carbons (Fsp3) is 0.600. The Kier molecular flexibility index (Phi) is 25.3. The average molecular weight is 1230 g/mol. The summed E-state index contributed by atoms with van der Waals surface area (Å²) >= 11 is 0. The van der Waals surface area contributed by atoms with E-state index in [9.17, 15) is 0 Å². The van der Waals surface area contributed by atoms with E-state index < -0.39 is 25.0 Å². The molecular weight excluding hydrogens is 1080 g/mol. The first-order valence-corrected chi connectivity index (χ1v) is 33.9. The summed E-state index contributed by atoms with van der Waals surface area (Å²) in [5.41, 5.74) is 20.1. The van der Waals surface area contributed by atoms with Crippen LogP contribution in [-0.4, -0.2) is 0 Å². The van der Waals surface area contributed by atoms with Gasteiger partial charge in [-0.15, -0.1) is 0 Å². The van der Waals surface area contributed by atoms with Gasteiger partial charge in [0, 0.05) is 9.60 Å². The van der Waals surface area contributed by atoms with Gasteiger partial charge in [0.1, 0.15) is 0 Å². The van der Waals surface area contributed by atoms with Crippen molar-refractivity contribution in [1.82, 2.24) is 0 Å². The maximum atomic E-state index is 8.25. The Balaban J connectivity index is 0.000000586. The summed E-state index contributed by atoms with van der Waals surface area (Å²) in [5, 5.41) is 0. The van der Waals surface area contributed by atoms with Gasteiger partial charge < -0.3 is 0 Å². The van der Waals surface area contributed by atoms with Gasteiger partial charge in [-0.3, -0.25) is 0 Å². The second-order valence-corrected chi connectivity index (χ2v) is 37.4. The maximum absolute atomic E-state index is 8.25. The van der Waals surface area contributed by atoms with Crippen molar-refractivity contribution in [3.05, 3.63) is 211 Å². The standard InChI is InChI=1S/2C18H30.2C14H22.2C13H20/c1-16(2,3)13-10-14(17(4,5)6)12-15(11-13)18(7,8)9;1-16(2,3)13-10-11-14(17(4,5)6)15(12-13)18(7,8)9;1-13(2,3)11-7-9-12(10-8-11)14(4,5)6;1-6-11(2)12-7-9-13(10-8-12)14(3,4)5;2*1-10(2)11-6-8-12(9-7-11)13(3,4)5/h2*10-12H,1-9H3;7-10H,1-6H3;7-11H,6H2,1-5H3;2*6-10H,1-5H3/i;;;2D3,6D2,11D;10D;. The van der Waals surface area contributed by atoms with Crippen molar-refractivity contribution in [2.75, 3.05) is 0 Å². The molecule has 0 nitrogen and oxygen atoms in total. The zero-order valence-corrected chi connectivity index (χ0v) is 65.8. The van der Waals surface area contributed by atoms with Gasteiger partial charge in [0.25, 0.3) is 0 Å². The molecule has 0 heteroatoms. The zero-order chi connectivity index (χ0) is 76.7. The zero-order valence-electron chi connectivity index (χ0n) is 72.8. The molecule has 0 bridgehead atoms. The van der Waals surface area contributed by atoms with Gasteiger partial charge in [0.05, 0.1) is 0 Å². The predicted octanol–water partition coefficient (Wildman–Crippen LogP) is 28.2. The Morgan fingerprint density at radius 1 is 0.267 bits per heavy atom. The first-order valence-electron chi connectivity index (χ1n) is 37.4. The number of rotatable bonds is 4. The normalized spacial score (nSPS) is 15.2. The minimum atomic E-state index is -2.74. The summed E-state index contributed by atoms with van der Waals surface area (Å²) in [7, 11) is 0. The maximum Gasteiger partial charge on any atom is 0.0349 e. The summed E-state index contributed by atoms with van der Waals surface area (Å²) in [6.07, 6.45) is -2.18. The van der Waals surface area contributed by atoms with Crippen LogP contribution in [0.4, 0.5) is 0 Å². The van der Waals surface area contributed by atoms with Crippen molar-refractivity contribution in [2.45, 2.75) is 354 Å². The molecule has 0 aliphatic heterocycles. The molecule has 1 unspecified atom stereocenters. The van der Waals surface area contributed by atoms with Crippen LogP contribution < -0.4 is 0 Å². The van der Waals surface area contributed by atoms with E-state index in [2.05, 4.69) is 331 Å². The van der Waals surface area contributed by atoms with Crippen LogP contribution in [0, 0.1) is 0 Å². The van der Waals surface area contributed by atoms with Crippen LogP contribution in [0.15, 0.2) is 133 Å². The molecule has 90 heavy (non-hydrogen) atoms. The highest BCUT2D eigenvalue weighted by atomic mass is 14.3. The van der Waals surface area contributed by atoms with E-state index in [4.69, 9.17) is 9.60 Å². The lowest BCUT2D eigenvalue weighted by atomic mass is 9.73. The van der Waals surface area contributed by atoms with E-state index in [1.165, 1.54) is 61.2 Å². The van der Waals surface area contributed by atoms with Gasteiger partial charge in [0.15, 0.2) is 0 Å². The van der Waals surface area contributed by atoms with Gasteiger partial charge in [-0.1, -0.05) is 403 Å². The second-order valence-electron chi connectivity index (χ2n) is 37.4. The fourth-order valence-electron chi connectivity index (χ4n) is 9.63. The largest absolute Gasteiger partial charge is 0.0648 e. The summed E-state index contributed by atoms with van der Waals surface area (Å²) in [6, 6.07) is 47.2. The quantitative estimate of drug-likeness (QED) is 0.165. The molecular formula is C90H144. The molecule has 0 N–H and O–H groups in total. The van der Waals surface area contributed by atoms with Crippen LogP contribution in [0.1, 0.15) is 382 Å². The third-order valence-corrected chi connectivity index (χ3v) is 16.7. The smallest absolute Gasteiger partial charge is 0.0349 e. The Bertz CT molecular complexity index is 3100. The molecule has 6 rings (SSSR count). The van der Waals surface area contributed by atoms with Crippen molar-refractivity contribution >= 4 is 0 Å². The van der Waals surface area contributed by atoms with E-state index >= 15 is 0 Å². The van der Waals surface area contributed by atoms with Crippen molar-refractivity contribution in [3.8, 4) is 0 Å². The number of hydrogen-bond acceptors (Lipinski definition) is 0. The molecule has 0 heterocycles. The molecule has 0 aliphatic carbocycles. The Morgan fingerprint density at radius 3 is 0.689 bits per heavy atom. The van der Waals surface area contributed by atoms with Crippen LogP contribution in [0.2, 0.25) is 0 Å². The van der Waals surface area contributed by atoms with Crippen LogP contribution in [0.25, 0.3) is 0 Å². The van der Waals surface area contributed by atoms with Crippen molar-refractivity contribution in [2.24, 2.45) is 0 Å². The first kappa shape index (κ1) is 71.2. The molecule has 504 valence electrons. The van der Waals surface area contributed by atoms with Crippen molar-refractivity contribution in [1.29, 1.82) is 0 Å². The molecule has 0 spiro atoms. The van der Waals surface area contributed by atoms with Gasteiger partial charge in [0.2, 0.25) is 0 Å². The van der Waals surface area contributed by atoms with Crippen LogP contribution in [0.5, 0.6) is 0 Å². The van der Waals surface area contributed by atoms with E-state index in [-0.39, 0.29) is 65.1 Å². The molecule has 0 amide bonds. The fourth-order valence-corrected chi connectivity index (χ4v) is 9.63. The number of benzene rings is 6. The molecule has 6 aromatic carbocycles. The first-order chi connectivity index (χ1) is 42.7.